The molecule has 0 saturated heterocycles. The molecule has 1 aliphatic heterocycles. The summed E-state index contributed by atoms with van der Waals surface area (Å²) in [6.45, 7) is 2.08. The first kappa shape index (κ1) is 11.0. The van der Waals surface area contributed by atoms with Crippen LogP contribution in [-0.2, 0) is 9.59 Å². The highest BCUT2D eigenvalue weighted by atomic mass is 32.2. The van der Waals surface area contributed by atoms with Crippen molar-refractivity contribution < 1.29 is 9.59 Å². The Hall–Kier alpha value is -1.55. The monoisotopic (exact) mass is 233 g/mol. The number of hydrogen-bond acceptors (Lipinski definition) is 3. The van der Waals surface area contributed by atoms with Crippen LogP contribution in [0.15, 0.2) is 41.3 Å². The van der Waals surface area contributed by atoms with E-state index in [0.717, 1.165) is 10.6 Å². The van der Waals surface area contributed by atoms with Crippen molar-refractivity contribution in [2.24, 2.45) is 0 Å². The average Bonchev–Trinajstić information content (AvgIpc) is 2.61. The van der Waals surface area contributed by atoms with Crippen molar-refractivity contribution in [2.75, 3.05) is 10.7 Å². The van der Waals surface area contributed by atoms with Crippen LogP contribution in [0, 0.1) is 0 Å². The first-order valence-corrected chi connectivity index (χ1v) is 6.00. The van der Waals surface area contributed by atoms with E-state index in [1.807, 2.05) is 12.1 Å². The molecular weight excluding hydrogens is 222 g/mol. The van der Waals surface area contributed by atoms with Crippen LogP contribution in [0.5, 0.6) is 0 Å². The molecule has 0 atom stereocenters. The highest BCUT2D eigenvalue weighted by Crippen LogP contribution is 2.23. The van der Waals surface area contributed by atoms with Crippen molar-refractivity contribution >= 4 is 29.3 Å². The molecule has 3 nitrogen and oxygen atoms in total. The Balaban J connectivity index is 2.22. The molecule has 82 valence electrons. The summed E-state index contributed by atoms with van der Waals surface area (Å²) in [4.78, 5) is 25.1. The number of imide groups is 1. The molecule has 0 aliphatic carbocycles. The minimum Gasteiger partial charge on any atom is -0.269 e. The molecule has 0 saturated carbocycles. The van der Waals surface area contributed by atoms with Gasteiger partial charge in [-0.3, -0.25) is 9.59 Å². The van der Waals surface area contributed by atoms with Gasteiger partial charge >= 0.3 is 0 Å². The van der Waals surface area contributed by atoms with Gasteiger partial charge in [-0.1, -0.05) is 6.92 Å². The molecule has 1 aliphatic rings. The Morgan fingerprint density at radius 3 is 2.12 bits per heavy atom. The van der Waals surface area contributed by atoms with Crippen LogP contribution < -0.4 is 4.90 Å². The van der Waals surface area contributed by atoms with Crippen LogP contribution in [0.25, 0.3) is 0 Å². The third kappa shape index (κ3) is 2.02. The summed E-state index contributed by atoms with van der Waals surface area (Å²) >= 11 is 1.72. The number of nitrogens with zero attached hydrogens (tertiary/aromatic N) is 1. The van der Waals surface area contributed by atoms with Gasteiger partial charge in [-0.2, -0.15) is 0 Å². The number of hydrogen-bond donors (Lipinski definition) is 0. The number of rotatable bonds is 3. The third-order valence-electron chi connectivity index (χ3n) is 2.22. The Labute approximate surface area is 98.1 Å². The van der Waals surface area contributed by atoms with Gasteiger partial charge in [0.15, 0.2) is 0 Å². The van der Waals surface area contributed by atoms with Crippen LogP contribution in [0.1, 0.15) is 6.92 Å². The van der Waals surface area contributed by atoms with E-state index in [4.69, 9.17) is 0 Å². The Morgan fingerprint density at radius 1 is 1.06 bits per heavy atom. The summed E-state index contributed by atoms with van der Waals surface area (Å²) in [6.07, 6.45) is 2.58. The minimum atomic E-state index is -0.277. The zero-order valence-electron chi connectivity index (χ0n) is 8.84. The molecule has 0 bridgehead atoms. The van der Waals surface area contributed by atoms with Gasteiger partial charge in [0.1, 0.15) is 0 Å². The van der Waals surface area contributed by atoms with Crippen molar-refractivity contribution in [1.29, 1.82) is 0 Å². The number of carbonyl (C=O) groups is 2. The van der Waals surface area contributed by atoms with Crippen molar-refractivity contribution in [3.63, 3.8) is 0 Å². The van der Waals surface area contributed by atoms with Crippen molar-refractivity contribution in [2.45, 2.75) is 11.8 Å². The number of carbonyl (C=O) groups excluding carboxylic acids is 2. The van der Waals surface area contributed by atoms with Gasteiger partial charge in [0.25, 0.3) is 11.8 Å². The Kier molecular flexibility index (Phi) is 3.10. The Morgan fingerprint density at radius 2 is 1.62 bits per heavy atom. The molecule has 1 heterocycles. The molecule has 0 unspecified atom stereocenters. The predicted octanol–water partition coefficient (Wildman–Crippen LogP) is 2.23. The first-order valence-electron chi connectivity index (χ1n) is 5.01. The van der Waals surface area contributed by atoms with Gasteiger partial charge in [-0.05, 0) is 30.0 Å². The van der Waals surface area contributed by atoms with E-state index in [2.05, 4.69) is 6.92 Å². The fraction of sp³-hybridized carbons (Fsp3) is 0.167. The first-order chi connectivity index (χ1) is 7.72. The van der Waals surface area contributed by atoms with Crippen LogP contribution >= 0.6 is 11.8 Å². The normalized spacial score (nSPS) is 14.9. The lowest BCUT2D eigenvalue weighted by molar-refractivity contribution is -0.119. The highest BCUT2D eigenvalue weighted by Gasteiger charge is 2.24. The van der Waals surface area contributed by atoms with Crippen LogP contribution in [0.4, 0.5) is 5.69 Å². The van der Waals surface area contributed by atoms with Crippen LogP contribution in [0.2, 0.25) is 0 Å². The topological polar surface area (TPSA) is 37.4 Å². The number of anilines is 1. The molecule has 2 amide bonds. The zero-order chi connectivity index (χ0) is 11.5. The molecule has 16 heavy (non-hydrogen) atoms. The molecule has 0 fully saturated rings. The smallest absolute Gasteiger partial charge is 0.258 e. The van der Waals surface area contributed by atoms with Crippen molar-refractivity contribution in [3.8, 4) is 0 Å². The SMILES string of the molecule is CCSc1ccc(N2C(=O)C=CC2=O)cc1. The summed E-state index contributed by atoms with van der Waals surface area (Å²) in [6, 6.07) is 7.42. The molecule has 0 radical (unpaired) electrons. The fourth-order valence-electron chi connectivity index (χ4n) is 1.51. The lowest BCUT2D eigenvalue weighted by atomic mass is 10.3. The zero-order valence-corrected chi connectivity index (χ0v) is 9.66. The lowest BCUT2D eigenvalue weighted by Crippen LogP contribution is -2.29. The van der Waals surface area contributed by atoms with Gasteiger partial charge in [-0.15, -0.1) is 11.8 Å². The van der Waals surface area contributed by atoms with Crippen molar-refractivity contribution in [1.82, 2.24) is 0 Å². The summed E-state index contributed by atoms with van der Waals surface area (Å²) in [5, 5.41) is 0. The maximum absolute atomic E-state index is 11.4. The van der Waals surface area contributed by atoms with Gasteiger partial charge in [0.05, 0.1) is 5.69 Å². The van der Waals surface area contributed by atoms with Crippen LogP contribution in [-0.4, -0.2) is 17.6 Å². The number of amides is 2. The molecule has 1 aromatic carbocycles. The van der Waals surface area contributed by atoms with E-state index in [-0.39, 0.29) is 11.8 Å². The largest absolute Gasteiger partial charge is 0.269 e. The molecular formula is C12H11NO2S. The second-order valence-corrected chi connectivity index (χ2v) is 4.61. The molecule has 0 aromatic heterocycles. The standard InChI is InChI=1S/C12H11NO2S/c1-2-16-10-5-3-9(4-6-10)13-11(14)7-8-12(13)15/h3-8H,2H2,1H3. The third-order valence-corrected chi connectivity index (χ3v) is 3.11. The van der Waals surface area contributed by atoms with Crippen LogP contribution in [0.3, 0.4) is 0 Å². The van der Waals surface area contributed by atoms with E-state index in [1.54, 1.807) is 23.9 Å². The van der Waals surface area contributed by atoms with E-state index in [1.165, 1.54) is 17.1 Å². The quantitative estimate of drug-likeness (QED) is 0.593. The second-order valence-electron chi connectivity index (χ2n) is 3.27. The van der Waals surface area contributed by atoms with E-state index in [0.29, 0.717) is 5.69 Å². The van der Waals surface area contributed by atoms with Gasteiger partial charge in [0.2, 0.25) is 0 Å². The maximum Gasteiger partial charge on any atom is 0.258 e. The Bertz CT molecular complexity index is 433. The molecule has 1 aromatic rings. The van der Waals surface area contributed by atoms with E-state index < -0.39 is 0 Å². The van der Waals surface area contributed by atoms with Crippen molar-refractivity contribution in [3.05, 3.63) is 36.4 Å². The molecule has 0 spiro atoms. The van der Waals surface area contributed by atoms with Gasteiger partial charge in [-0.25, -0.2) is 4.90 Å². The van der Waals surface area contributed by atoms with E-state index >= 15 is 0 Å². The second kappa shape index (κ2) is 4.53. The predicted molar refractivity (Wildman–Crippen MR) is 64.5 cm³/mol. The fourth-order valence-corrected chi connectivity index (χ4v) is 2.17. The number of thioether (sulfide) groups is 1. The summed E-state index contributed by atoms with van der Waals surface area (Å²) in [7, 11) is 0. The lowest BCUT2D eigenvalue weighted by Gasteiger charge is -2.13. The molecule has 2 rings (SSSR count). The average molecular weight is 233 g/mol. The van der Waals surface area contributed by atoms with Gasteiger partial charge in [0, 0.05) is 17.0 Å². The maximum atomic E-state index is 11.4. The molecule has 4 heteroatoms. The summed E-state index contributed by atoms with van der Waals surface area (Å²) in [5.41, 5.74) is 0.625. The number of benzene rings is 1. The highest BCUT2D eigenvalue weighted by molar-refractivity contribution is 7.99. The van der Waals surface area contributed by atoms with Gasteiger partial charge < -0.3 is 0 Å². The summed E-state index contributed by atoms with van der Waals surface area (Å²) in [5.74, 6) is 0.449. The summed E-state index contributed by atoms with van der Waals surface area (Å²) < 4.78 is 0. The minimum absolute atomic E-state index is 0.277. The molecule has 0 N–H and O–H groups in total. The van der Waals surface area contributed by atoms with E-state index in [9.17, 15) is 9.59 Å².